The van der Waals surface area contributed by atoms with Crippen LogP contribution in [0.15, 0.2) is 10.7 Å². The van der Waals surface area contributed by atoms with Crippen LogP contribution in [-0.2, 0) is 14.3 Å². The van der Waals surface area contributed by atoms with Gasteiger partial charge in [0.25, 0.3) is 6.47 Å². The van der Waals surface area contributed by atoms with Crippen molar-refractivity contribution in [2.45, 2.75) is 52.1 Å². The summed E-state index contributed by atoms with van der Waals surface area (Å²) in [5, 5.41) is 3.27. The summed E-state index contributed by atoms with van der Waals surface area (Å²) < 4.78 is 14.7. The summed E-state index contributed by atoms with van der Waals surface area (Å²) in [6.07, 6.45) is 3.39. The van der Waals surface area contributed by atoms with E-state index < -0.39 is 5.97 Å². The fourth-order valence-corrected chi connectivity index (χ4v) is 1.99. The maximum Gasteiger partial charge on any atom is 0.360 e. The topological polar surface area (TPSA) is 90.7 Å². The third-order valence-electron chi connectivity index (χ3n) is 3.10. The average molecular weight is 326 g/mol. The van der Waals surface area contributed by atoms with Crippen molar-refractivity contribution in [3.8, 4) is 0 Å². The Balaban J connectivity index is 0.000000322. The quantitative estimate of drug-likeness (QED) is 0.670. The molecule has 1 fully saturated rings. The summed E-state index contributed by atoms with van der Waals surface area (Å²) in [4.78, 5) is 25.2. The lowest BCUT2D eigenvalue weighted by Crippen LogP contribution is -2.26. The predicted molar refractivity (Wildman–Crippen MR) is 84.2 cm³/mol. The summed E-state index contributed by atoms with van der Waals surface area (Å²) in [6.45, 7) is 9.99. The van der Waals surface area contributed by atoms with Gasteiger partial charge < -0.3 is 19.2 Å². The first kappa shape index (κ1) is 19.2. The Hall–Kier alpha value is -1.89. The molecule has 0 radical (unpaired) electrons. The molecule has 0 amide bonds. The van der Waals surface area contributed by atoms with Gasteiger partial charge in [0.1, 0.15) is 11.9 Å². The highest BCUT2D eigenvalue weighted by Gasteiger charge is 2.22. The van der Waals surface area contributed by atoms with Gasteiger partial charge in [0, 0.05) is 5.92 Å². The normalized spacial score (nSPS) is 15.3. The van der Waals surface area contributed by atoms with Crippen LogP contribution >= 0.6 is 0 Å². The number of rotatable bonds is 4. The predicted octanol–water partition coefficient (Wildman–Crippen LogP) is 2.28. The Kier molecular flexibility index (Phi) is 7.74. The Morgan fingerprint density at radius 3 is 2.57 bits per heavy atom. The van der Waals surface area contributed by atoms with Gasteiger partial charge in [-0.2, -0.15) is 0 Å². The standard InChI is InChI=1S/C11H16N2O3.C5H10O2/c1-2-15-11(14)9-7-16-10(13-9)8-3-5-12-6-4-8;1-5(2,3)7-4-6/h7-8,12H,2-6H2,1H3;4H,1-3H3. The van der Waals surface area contributed by atoms with E-state index in [9.17, 15) is 9.59 Å². The number of hydrogen-bond donors (Lipinski definition) is 1. The van der Waals surface area contributed by atoms with Crippen molar-refractivity contribution in [3.63, 3.8) is 0 Å². The number of ether oxygens (including phenoxy) is 2. The Morgan fingerprint density at radius 1 is 1.43 bits per heavy atom. The van der Waals surface area contributed by atoms with Gasteiger partial charge >= 0.3 is 5.97 Å². The van der Waals surface area contributed by atoms with Gasteiger partial charge in [-0.05, 0) is 53.6 Å². The first-order valence-electron chi connectivity index (χ1n) is 7.82. The molecule has 1 N–H and O–H groups in total. The molecule has 0 atom stereocenters. The molecule has 23 heavy (non-hydrogen) atoms. The number of carbonyl (C=O) groups is 2. The van der Waals surface area contributed by atoms with E-state index >= 15 is 0 Å². The number of hydrogen-bond acceptors (Lipinski definition) is 7. The van der Waals surface area contributed by atoms with Crippen LogP contribution < -0.4 is 5.32 Å². The average Bonchev–Trinajstić information content (AvgIpc) is 2.98. The van der Waals surface area contributed by atoms with Gasteiger partial charge in [-0.3, -0.25) is 4.79 Å². The molecule has 1 aliphatic rings. The minimum absolute atomic E-state index is 0.274. The summed E-state index contributed by atoms with van der Waals surface area (Å²) in [7, 11) is 0. The highest BCUT2D eigenvalue weighted by Crippen LogP contribution is 2.24. The Morgan fingerprint density at radius 2 is 2.09 bits per heavy atom. The third-order valence-corrected chi connectivity index (χ3v) is 3.10. The van der Waals surface area contributed by atoms with Crippen molar-refractivity contribution in [1.82, 2.24) is 10.3 Å². The fraction of sp³-hybridized carbons (Fsp3) is 0.688. The number of carbonyl (C=O) groups excluding carboxylic acids is 2. The molecule has 0 aliphatic carbocycles. The van der Waals surface area contributed by atoms with E-state index in [0.29, 0.717) is 24.9 Å². The summed E-state index contributed by atoms with van der Waals surface area (Å²) >= 11 is 0. The van der Waals surface area contributed by atoms with Crippen LogP contribution in [0.3, 0.4) is 0 Å². The van der Waals surface area contributed by atoms with E-state index in [1.807, 2.05) is 20.8 Å². The van der Waals surface area contributed by atoms with Crippen molar-refractivity contribution >= 4 is 12.4 Å². The minimum Gasteiger partial charge on any atom is -0.462 e. The monoisotopic (exact) mass is 326 g/mol. The van der Waals surface area contributed by atoms with Gasteiger partial charge in [0.15, 0.2) is 11.6 Å². The van der Waals surface area contributed by atoms with Gasteiger partial charge in [-0.25, -0.2) is 9.78 Å². The van der Waals surface area contributed by atoms with Crippen LogP contribution in [0.5, 0.6) is 0 Å². The second kappa shape index (κ2) is 9.29. The molecule has 1 aliphatic heterocycles. The molecule has 130 valence electrons. The van der Waals surface area contributed by atoms with Crippen molar-refractivity contribution < 1.29 is 23.5 Å². The molecular weight excluding hydrogens is 300 g/mol. The van der Waals surface area contributed by atoms with Gasteiger partial charge in [-0.15, -0.1) is 0 Å². The van der Waals surface area contributed by atoms with Crippen LogP contribution in [-0.4, -0.2) is 42.7 Å². The number of esters is 1. The highest BCUT2D eigenvalue weighted by molar-refractivity contribution is 5.86. The highest BCUT2D eigenvalue weighted by atomic mass is 16.5. The van der Waals surface area contributed by atoms with Crippen LogP contribution in [0, 0.1) is 0 Å². The largest absolute Gasteiger partial charge is 0.462 e. The molecule has 1 saturated heterocycles. The lowest BCUT2D eigenvalue weighted by atomic mass is 9.98. The number of aromatic nitrogens is 1. The zero-order valence-electron chi connectivity index (χ0n) is 14.3. The summed E-state index contributed by atoms with van der Waals surface area (Å²) in [5.74, 6) is 0.570. The summed E-state index contributed by atoms with van der Waals surface area (Å²) in [5.41, 5.74) is -0.0442. The smallest absolute Gasteiger partial charge is 0.360 e. The van der Waals surface area contributed by atoms with Crippen molar-refractivity contribution in [3.05, 3.63) is 17.8 Å². The molecule has 2 heterocycles. The SMILES string of the molecule is CC(C)(C)OC=O.CCOC(=O)c1coc(C2CCNCC2)n1. The molecule has 0 unspecified atom stereocenters. The number of nitrogens with one attached hydrogen (secondary N) is 1. The molecule has 0 aromatic carbocycles. The fourth-order valence-electron chi connectivity index (χ4n) is 1.99. The Bertz CT molecular complexity index is 487. The van der Waals surface area contributed by atoms with E-state index in [1.54, 1.807) is 6.92 Å². The summed E-state index contributed by atoms with van der Waals surface area (Å²) in [6, 6.07) is 0. The van der Waals surface area contributed by atoms with Gasteiger partial charge in [0.2, 0.25) is 0 Å². The number of nitrogens with zero attached hydrogens (tertiary/aromatic N) is 1. The van der Waals surface area contributed by atoms with E-state index in [1.165, 1.54) is 6.26 Å². The molecular formula is C16H26N2O5. The second-order valence-electron chi connectivity index (χ2n) is 6.14. The molecule has 0 saturated carbocycles. The lowest BCUT2D eigenvalue weighted by Gasteiger charge is -2.19. The van der Waals surface area contributed by atoms with Gasteiger partial charge in [0.05, 0.1) is 6.61 Å². The number of piperidine rings is 1. The lowest BCUT2D eigenvalue weighted by molar-refractivity contribution is -0.138. The van der Waals surface area contributed by atoms with Crippen LogP contribution in [0.4, 0.5) is 0 Å². The third kappa shape index (κ3) is 7.27. The van der Waals surface area contributed by atoms with Crippen molar-refractivity contribution in [2.75, 3.05) is 19.7 Å². The maximum atomic E-state index is 11.4. The second-order valence-corrected chi connectivity index (χ2v) is 6.14. The van der Waals surface area contributed by atoms with E-state index in [0.717, 1.165) is 25.9 Å². The molecule has 7 heteroatoms. The molecule has 2 rings (SSSR count). The molecule has 0 bridgehead atoms. The first-order valence-corrected chi connectivity index (χ1v) is 7.82. The Labute approximate surface area is 136 Å². The first-order chi connectivity index (χ1) is 10.9. The molecule has 1 aromatic rings. The van der Waals surface area contributed by atoms with Crippen LogP contribution in [0.25, 0.3) is 0 Å². The van der Waals surface area contributed by atoms with E-state index in [-0.39, 0.29) is 11.3 Å². The molecule has 7 nitrogen and oxygen atoms in total. The maximum absolute atomic E-state index is 11.4. The van der Waals surface area contributed by atoms with Crippen LogP contribution in [0.1, 0.15) is 62.8 Å². The zero-order valence-corrected chi connectivity index (χ0v) is 14.3. The zero-order chi connectivity index (χ0) is 17.3. The van der Waals surface area contributed by atoms with E-state index in [2.05, 4.69) is 15.0 Å². The number of oxazole rings is 1. The minimum atomic E-state index is -0.411. The van der Waals surface area contributed by atoms with Gasteiger partial charge in [-0.1, -0.05) is 0 Å². The van der Waals surface area contributed by atoms with E-state index in [4.69, 9.17) is 9.15 Å². The molecule has 1 aromatic heterocycles. The van der Waals surface area contributed by atoms with Crippen molar-refractivity contribution in [2.24, 2.45) is 0 Å². The van der Waals surface area contributed by atoms with Crippen molar-refractivity contribution in [1.29, 1.82) is 0 Å². The molecule has 0 spiro atoms. The van der Waals surface area contributed by atoms with Crippen LogP contribution in [0.2, 0.25) is 0 Å².